The second-order valence-corrected chi connectivity index (χ2v) is 3.83. The van der Waals surface area contributed by atoms with E-state index in [1.165, 1.54) is 0 Å². The van der Waals surface area contributed by atoms with E-state index >= 15 is 0 Å². The van der Waals surface area contributed by atoms with Crippen molar-refractivity contribution in [2.45, 2.75) is 5.92 Å². The number of rotatable bonds is 3. The minimum absolute atomic E-state index is 0.113. The average Bonchev–Trinajstić information content (AvgIpc) is 2.71. The van der Waals surface area contributed by atoms with Gasteiger partial charge in [0.25, 0.3) is 0 Å². The summed E-state index contributed by atoms with van der Waals surface area (Å²) in [4.78, 5) is 22.3. The van der Waals surface area contributed by atoms with Crippen LogP contribution in [0.25, 0.3) is 0 Å². The summed E-state index contributed by atoms with van der Waals surface area (Å²) in [6.45, 7) is 0.113. The van der Waals surface area contributed by atoms with E-state index in [0.717, 1.165) is 5.56 Å². The molecular formula is C12H12O5. The molecule has 1 N–H and O–H groups in total. The maximum absolute atomic E-state index is 11.3. The highest BCUT2D eigenvalue weighted by Gasteiger charge is 2.43. The van der Waals surface area contributed by atoms with E-state index in [1.54, 1.807) is 31.4 Å². The molecule has 1 aliphatic rings. The third-order valence-electron chi connectivity index (χ3n) is 2.87. The maximum atomic E-state index is 11.3. The van der Waals surface area contributed by atoms with Gasteiger partial charge in [0.2, 0.25) is 0 Å². The van der Waals surface area contributed by atoms with Crippen LogP contribution in [0.3, 0.4) is 0 Å². The van der Waals surface area contributed by atoms with Gasteiger partial charge in [0.05, 0.1) is 13.7 Å². The van der Waals surface area contributed by atoms with Crippen molar-refractivity contribution in [3.63, 3.8) is 0 Å². The van der Waals surface area contributed by atoms with E-state index in [-0.39, 0.29) is 6.61 Å². The fraction of sp³-hybridized carbons (Fsp3) is 0.333. The quantitative estimate of drug-likeness (QED) is 0.627. The number of carboxylic acids is 1. The van der Waals surface area contributed by atoms with Crippen LogP contribution in [0.2, 0.25) is 0 Å². The average molecular weight is 236 g/mol. The number of hydrogen-bond acceptors (Lipinski definition) is 4. The molecule has 17 heavy (non-hydrogen) atoms. The number of cyclic esters (lactones) is 1. The lowest BCUT2D eigenvalue weighted by molar-refractivity contribution is -0.152. The van der Waals surface area contributed by atoms with Crippen molar-refractivity contribution < 1.29 is 24.2 Å². The van der Waals surface area contributed by atoms with Gasteiger partial charge in [0, 0.05) is 5.92 Å². The van der Waals surface area contributed by atoms with Gasteiger partial charge < -0.3 is 14.6 Å². The Hall–Kier alpha value is -2.04. The standard InChI is InChI=1S/C12H12O5/c1-16-8-4-2-7(3-5-8)9-6-17-12(15)10(9)11(13)14/h2-5,9-10H,6H2,1H3,(H,13,14)/t9-,10-/m0/s1. The van der Waals surface area contributed by atoms with E-state index in [2.05, 4.69) is 0 Å². The Morgan fingerprint density at radius 2 is 2.06 bits per heavy atom. The van der Waals surface area contributed by atoms with Crippen molar-refractivity contribution >= 4 is 11.9 Å². The predicted octanol–water partition coefficient (Wildman–Crippen LogP) is 1.04. The molecule has 90 valence electrons. The van der Waals surface area contributed by atoms with Gasteiger partial charge in [0.1, 0.15) is 5.75 Å². The van der Waals surface area contributed by atoms with Crippen molar-refractivity contribution in [3.05, 3.63) is 29.8 Å². The number of ether oxygens (including phenoxy) is 2. The summed E-state index contributed by atoms with van der Waals surface area (Å²) in [7, 11) is 1.55. The Morgan fingerprint density at radius 3 is 2.59 bits per heavy atom. The first-order valence-electron chi connectivity index (χ1n) is 5.17. The molecule has 0 saturated carbocycles. The topological polar surface area (TPSA) is 72.8 Å². The molecule has 0 radical (unpaired) electrons. The molecule has 2 rings (SSSR count). The number of esters is 1. The van der Waals surface area contributed by atoms with Crippen LogP contribution in [0.15, 0.2) is 24.3 Å². The summed E-state index contributed by atoms with van der Waals surface area (Å²) in [5, 5.41) is 8.99. The molecule has 5 nitrogen and oxygen atoms in total. The molecule has 1 aromatic carbocycles. The summed E-state index contributed by atoms with van der Waals surface area (Å²) in [6.07, 6.45) is 0. The third kappa shape index (κ3) is 2.08. The number of benzene rings is 1. The zero-order chi connectivity index (χ0) is 12.4. The summed E-state index contributed by atoms with van der Waals surface area (Å²) in [6, 6.07) is 6.97. The van der Waals surface area contributed by atoms with Gasteiger partial charge in [0.15, 0.2) is 5.92 Å². The summed E-state index contributed by atoms with van der Waals surface area (Å²) < 4.78 is 9.81. The first kappa shape index (κ1) is 11.4. The van der Waals surface area contributed by atoms with Crippen LogP contribution in [0.5, 0.6) is 5.75 Å². The fourth-order valence-corrected chi connectivity index (χ4v) is 1.93. The molecule has 0 amide bonds. The number of aliphatic carboxylic acids is 1. The predicted molar refractivity (Wildman–Crippen MR) is 57.8 cm³/mol. The van der Waals surface area contributed by atoms with Crippen molar-refractivity contribution in [1.82, 2.24) is 0 Å². The largest absolute Gasteiger partial charge is 0.497 e. The number of hydrogen-bond donors (Lipinski definition) is 1. The molecule has 1 heterocycles. The van der Waals surface area contributed by atoms with Gasteiger partial charge in [-0.25, -0.2) is 0 Å². The van der Waals surface area contributed by atoms with Crippen LogP contribution in [-0.4, -0.2) is 30.8 Å². The molecular weight excluding hydrogens is 224 g/mol. The zero-order valence-corrected chi connectivity index (χ0v) is 9.25. The second-order valence-electron chi connectivity index (χ2n) is 3.83. The Morgan fingerprint density at radius 1 is 1.41 bits per heavy atom. The first-order valence-corrected chi connectivity index (χ1v) is 5.17. The molecule has 1 aromatic rings. The van der Waals surface area contributed by atoms with Gasteiger partial charge in [-0.3, -0.25) is 9.59 Å². The molecule has 0 aromatic heterocycles. The highest BCUT2D eigenvalue weighted by molar-refractivity contribution is 5.96. The Balaban J connectivity index is 2.26. The fourth-order valence-electron chi connectivity index (χ4n) is 1.93. The van der Waals surface area contributed by atoms with Crippen LogP contribution in [-0.2, 0) is 14.3 Å². The van der Waals surface area contributed by atoms with Gasteiger partial charge >= 0.3 is 11.9 Å². The third-order valence-corrected chi connectivity index (χ3v) is 2.87. The minimum Gasteiger partial charge on any atom is -0.497 e. The normalized spacial score (nSPS) is 23.2. The number of carboxylic acid groups (broad SMARTS) is 1. The molecule has 0 aliphatic carbocycles. The van der Waals surface area contributed by atoms with Crippen molar-refractivity contribution in [3.8, 4) is 5.75 Å². The lowest BCUT2D eigenvalue weighted by Gasteiger charge is -2.12. The lowest BCUT2D eigenvalue weighted by atomic mass is 9.88. The van der Waals surface area contributed by atoms with Crippen LogP contribution in [0.4, 0.5) is 0 Å². The van der Waals surface area contributed by atoms with E-state index in [4.69, 9.17) is 14.6 Å². The smallest absolute Gasteiger partial charge is 0.321 e. The van der Waals surface area contributed by atoms with Crippen LogP contribution in [0.1, 0.15) is 11.5 Å². The van der Waals surface area contributed by atoms with E-state index in [1.807, 2.05) is 0 Å². The van der Waals surface area contributed by atoms with Gasteiger partial charge in [-0.15, -0.1) is 0 Å². The lowest BCUT2D eigenvalue weighted by Crippen LogP contribution is -2.24. The Kier molecular flexibility index (Phi) is 2.99. The number of carbonyl (C=O) groups is 2. The Labute approximate surface area is 98.0 Å². The molecule has 5 heteroatoms. The van der Waals surface area contributed by atoms with Crippen LogP contribution in [0, 0.1) is 5.92 Å². The number of methoxy groups -OCH3 is 1. The SMILES string of the molecule is COc1ccc([C@@H]2COC(=O)[C@@H]2C(=O)O)cc1. The summed E-state index contributed by atoms with van der Waals surface area (Å²) in [5.41, 5.74) is 0.768. The molecule has 0 unspecified atom stereocenters. The summed E-state index contributed by atoms with van der Waals surface area (Å²) in [5.74, 6) is -2.66. The molecule has 1 fully saturated rings. The molecule has 2 atom stereocenters. The van der Waals surface area contributed by atoms with E-state index in [0.29, 0.717) is 5.75 Å². The van der Waals surface area contributed by atoms with Crippen LogP contribution < -0.4 is 4.74 Å². The molecule has 0 spiro atoms. The van der Waals surface area contributed by atoms with Crippen LogP contribution >= 0.6 is 0 Å². The van der Waals surface area contributed by atoms with Gasteiger partial charge in [-0.1, -0.05) is 12.1 Å². The zero-order valence-electron chi connectivity index (χ0n) is 9.25. The molecule has 1 aliphatic heterocycles. The first-order chi connectivity index (χ1) is 8.13. The summed E-state index contributed by atoms with van der Waals surface area (Å²) >= 11 is 0. The van der Waals surface area contributed by atoms with E-state index in [9.17, 15) is 9.59 Å². The second kappa shape index (κ2) is 4.45. The van der Waals surface area contributed by atoms with Gasteiger partial charge in [-0.2, -0.15) is 0 Å². The number of carbonyl (C=O) groups excluding carboxylic acids is 1. The molecule has 1 saturated heterocycles. The minimum atomic E-state index is -1.15. The Bertz CT molecular complexity index is 437. The van der Waals surface area contributed by atoms with Crippen molar-refractivity contribution in [2.24, 2.45) is 5.92 Å². The van der Waals surface area contributed by atoms with Crippen molar-refractivity contribution in [1.29, 1.82) is 0 Å². The highest BCUT2D eigenvalue weighted by Crippen LogP contribution is 2.32. The molecule has 0 bridgehead atoms. The van der Waals surface area contributed by atoms with Gasteiger partial charge in [-0.05, 0) is 17.7 Å². The monoisotopic (exact) mass is 236 g/mol. The van der Waals surface area contributed by atoms with Crippen molar-refractivity contribution in [2.75, 3.05) is 13.7 Å². The highest BCUT2D eigenvalue weighted by atomic mass is 16.5. The maximum Gasteiger partial charge on any atom is 0.321 e. The van der Waals surface area contributed by atoms with E-state index < -0.39 is 23.8 Å².